The van der Waals surface area contributed by atoms with Crippen molar-refractivity contribution >= 4 is 44.7 Å². The van der Waals surface area contributed by atoms with E-state index < -0.39 is 24.2 Å². The molecule has 0 amide bonds. The summed E-state index contributed by atoms with van der Waals surface area (Å²) in [5, 5.41) is 11.3. The van der Waals surface area contributed by atoms with Crippen LogP contribution < -0.4 is 26.3 Å². The van der Waals surface area contributed by atoms with Crippen LogP contribution in [0.4, 0.5) is 24.5 Å². The Bertz CT molecular complexity index is 1860. The van der Waals surface area contributed by atoms with Crippen LogP contribution in [0, 0.1) is 17.8 Å². The SMILES string of the molecule is C#Cc1cnc2c(Cl)cc(N[C@H](C3=CN(C4(C)CC4)NN3)c3cccc4c(OC)nccc34)cc2c1NCC(C)(C)C(F)(F)F. The zero-order valence-corrected chi connectivity index (χ0v) is 26.0. The lowest BCUT2D eigenvalue weighted by molar-refractivity contribution is -0.206. The van der Waals surface area contributed by atoms with Crippen molar-refractivity contribution in [3.63, 3.8) is 0 Å². The van der Waals surface area contributed by atoms with Gasteiger partial charge in [-0.15, -0.1) is 12.0 Å². The van der Waals surface area contributed by atoms with Crippen molar-refractivity contribution in [3.05, 3.63) is 76.8 Å². The molecule has 12 heteroatoms. The summed E-state index contributed by atoms with van der Waals surface area (Å²) in [6, 6.07) is 11.0. The molecule has 0 radical (unpaired) electrons. The zero-order valence-electron chi connectivity index (χ0n) is 25.2. The molecule has 1 saturated carbocycles. The molecule has 4 aromatic rings. The fourth-order valence-electron chi connectivity index (χ4n) is 5.35. The smallest absolute Gasteiger partial charge is 0.395 e. The summed E-state index contributed by atoms with van der Waals surface area (Å²) >= 11 is 6.77. The summed E-state index contributed by atoms with van der Waals surface area (Å²) in [5.41, 5.74) is 8.12. The van der Waals surface area contributed by atoms with Gasteiger partial charge in [-0.1, -0.05) is 29.7 Å². The van der Waals surface area contributed by atoms with Crippen LogP contribution in [-0.4, -0.2) is 40.3 Å². The molecule has 3 heterocycles. The summed E-state index contributed by atoms with van der Waals surface area (Å²) in [6.45, 7) is 4.07. The van der Waals surface area contributed by atoms with Gasteiger partial charge >= 0.3 is 6.18 Å². The minimum atomic E-state index is -4.42. The number of terminal acetylenes is 1. The van der Waals surface area contributed by atoms with Gasteiger partial charge in [-0.05, 0) is 68.8 Å². The molecule has 2 aromatic carbocycles. The normalized spacial score (nSPS) is 16.6. The average Bonchev–Trinajstić information content (AvgIpc) is 3.56. The largest absolute Gasteiger partial charge is 0.481 e. The van der Waals surface area contributed by atoms with Gasteiger partial charge in [-0.2, -0.15) is 13.2 Å². The van der Waals surface area contributed by atoms with Gasteiger partial charge in [0.15, 0.2) is 0 Å². The van der Waals surface area contributed by atoms with Crippen molar-refractivity contribution in [2.45, 2.75) is 51.4 Å². The Balaban J connectivity index is 1.46. The highest BCUT2D eigenvalue weighted by Gasteiger charge is 2.47. The van der Waals surface area contributed by atoms with Gasteiger partial charge in [0.1, 0.15) is 0 Å². The highest BCUT2D eigenvalue weighted by atomic mass is 35.5. The quantitative estimate of drug-likeness (QED) is 0.143. The van der Waals surface area contributed by atoms with Crippen LogP contribution in [-0.2, 0) is 0 Å². The molecule has 0 bridgehead atoms. The molecule has 1 aliphatic carbocycles. The van der Waals surface area contributed by atoms with Crippen LogP contribution in [0.1, 0.15) is 50.8 Å². The number of nitrogens with one attached hydrogen (secondary N) is 4. The first-order valence-electron chi connectivity index (χ1n) is 14.5. The standard InChI is InChI=1S/C33H33ClF3N7O/c1-6-19-16-39-28-24(27(19)40-18-31(2,3)33(35,36)37)14-20(15-25(28)34)41-29(26-17-44(43-42-26)32(4)11-12-32)22-8-7-9-23-21(22)10-13-38-30(23)45-5/h1,7-10,13-17,29,41-43H,11-12,18H2,2-5H3,(H,39,40)/t29-/m0/s1. The van der Waals surface area contributed by atoms with E-state index >= 15 is 0 Å². The number of hydrogen-bond donors (Lipinski definition) is 4. The Morgan fingerprint density at radius 1 is 1.16 bits per heavy atom. The summed E-state index contributed by atoms with van der Waals surface area (Å²) in [5.74, 6) is 3.05. The van der Waals surface area contributed by atoms with E-state index in [4.69, 9.17) is 22.8 Å². The number of nitrogens with zero attached hydrogens (tertiary/aromatic N) is 3. The van der Waals surface area contributed by atoms with Gasteiger partial charge in [-0.25, -0.2) is 4.98 Å². The number of methoxy groups -OCH3 is 1. The second-order valence-electron chi connectivity index (χ2n) is 12.3. The summed E-state index contributed by atoms with van der Waals surface area (Å²) in [4.78, 5) is 8.81. The average molecular weight is 636 g/mol. The zero-order chi connectivity index (χ0) is 32.1. The van der Waals surface area contributed by atoms with Gasteiger partial charge < -0.3 is 20.8 Å². The lowest BCUT2D eigenvalue weighted by atomic mass is 9.92. The molecular weight excluding hydrogens is 603 g/mol. The number of ether oxygens (including phenoxy) is 1. The topological polar surface area (TPSA) is 86.4 Å². The molecule has 2 aromatic heterocycles. The molecule has 234 valence electrons. The van der Waals surface area contributed by atoms with Crippen molar-refractivity contribution in [2.75, 3.05) is 24.3 Å². The van der Waals surface area contributed by atoms with Gasteiger partial charge in [0, 0.05) is 41.6 Å². The Hall–Kier alpha value is -4.40. The first kappa shape index (κ1) is 30.6. The van der Waals surface area contributed by atoms with Crippen LogP contribution >= 0.6 is 11.6 Å². The third-order valence-electron chi connectivity index (χ3n) is 8.63. The second-order valence-corrected chi connectivity index (χ2v) is 12.7. The predicted octanol–water partition coefficient (Wildman–Crippen LogP) is 7.30. The maximum atomic E-state index is 13.7. The van der Waals surface area contributed by atoms with E-state index in [0.717, 1.165) is 48.7 Å². The molecule has 2 aliphatic rings. The monoisotopic (exact) mass is 635 g/mol. The number of aromatic nitrogens is 2. The van der Waals surface area contributed by atoms with Gasteiger partial charge in [0.05, 0.1) is 51.6 Å². The van der Waals surface area contributed by atoms with E-state index in [0.29, 0.717) is 38.7 Å². The highest BCUT2D eigenvalue weighted by Crippen LogP contribution is 2.44. The van der Waals surface area contributed by atoms with Crippen molar-refractivity contribution in [1.82, 2.24) is 25.9 Å². The highest BCUT2D eigenvalue weighted by molar-refractivity contribution is 6.35. The van der Waals surface area contributed by atoms with Crippen LogP contribution in [0.15, 0.2) is 60.7 Å². The molecular formula is C33H33ClF3N7O. The van der Waals surface area contributed by atoms with Crippen LogP contribution in [0.5, 0.6) is 5.88 Å². The number of rotatable bonds is 9. The fourth-order valence-corrected chi connectivity index (χ4v) is 5.62. The van der Waals surface area contributed by atoms with Crippen LogP contribution in [0.25, 0.3) is 21.7 Å². The summed E-state index contributed by atoms with van der Waals surface area (Å²) in [7, 11) is 1.58. The summed E-state index contributed by atoms with van der Waals surface area (Å²) < 4.78 is 46.7. The van der Waals surface area contributed by atoms with E-state index in [2.05, 4.69) is 55.6 Å². The van der Waals surface area contributed by atoms with Gasteiger partial charge in [0.25, 0.3) is 0 Å². The minimum absolute atomic E-state index is 0.0134. The lowest BCUT2D eigenvalue weighted by Gasteiger charge is -2.29. The van der Waals surface area contributed by atoms with Crippen LogP contribution in [0.2, 0.25) is 5.02 Å². The number of pyridine rings is 2. The van der Waals surface area contributed by atoms with Crippen molar-refractivity contribution in [1.29, 1.82) is 0 Å². The fraction of sp³-hybridized carbons (Fsp3) is 0.333. The third kappa shape index (κ3) is 5.64. The van der Waals surface area contributed by atoms with E-state index in [1.54, 1.807) is 25.4 Å². The number of alkyl halides is 3. The van der Waals surface area contributed by atoms with Crippen molar-refractivity contribution in [2.24, 2.45) is 5.41 Å². The number of halogens is 4. The Kier molecular flexibility index (Phi) is 7.62. The first-order valence-corrected chi connectivity index (χ1v) is 14.8. The molecule has 4 N–H and O–H groups in total. The minimum Gasteiger partial charge on any atom is -0.481 e. The maximum absolute atomic E-state index is 13.7. The molecule has 45 heavy (non-hydrogen) atoms. The first-order chi connectivity index (χ1) is 21.3. The number of anilines is 2. The Labute approximate surface area is 264 Å². The Morgan fingerprint density at radius 2 is 1.93 bits per heavy atom. The number of fused-ring (bicyclic) bond motifs is 2. The molecule has 8 nitrogen and oxygen atoms in total. The van der Waals surface area contributed by atoms with E-state index in [9.17, 15) is 13.2 Å². The molecule has 1 aliphatic heterocycles. The van der Waals surface area contributed by atoms with Crippen molar-refractivity contribution < 1.29 is 17.9 Å². The lowest BCUT2D eigenvalue weighted by Crippen LogP contribution is -2.43. The van der Waals surface area contributed by atoms with E-state index in [1.807, 2.05) is 24.3 Å². The number of benzene rings is 2. The van der Waals surface area contributed by atoms with E-state index in [-0.39, 0.29) is 5.54 Å². The third-order valence-corrected chi connectivity index (χ3v) is 8.92. The molecule has 0 saturated heterocycles. The van der Waals surface area contributed by atoms with Gasteiger partial charge in [0.2, 0.25) is 5.88 Å². The molecule has 1 fully saturated rings. The Morgan fingerprint density at radius 3 is 2.62 bits per heavy atom. The van der Waals surface area contributed by atoms with E-state index in [1.165, 1.54) is 6.20 Å². The van der Waals surface area contributed by atoms with Gasteiger partial charge in [-0.3, -0.25) is 9.99 Å². The number of hydrogen-bond acceptors (Lipinski definition) is 8. The molecule has 0 spiro atoms. The molecule has 6 rings (SSSR count). The summed E-state index contributed by atoms with van der Waals surface area (Å²) in [6.07, 6.45) is 8.66. The van der Waals surface area contributed by atoms with Crippen LogP contribution in [0.3, 0.4) is 0 Å². The second kappa shape index (κ2) is 11.2. The van der Waals surface area contributed by atoms with Crippen molar-refractivity contribution in [3.8, 4) is 18.2 Å². The predicted molar refractivity (Wildman–Crippen MR) is 172 cm³/mol. The molecule has 0 unspecified atom stereocenters. The number of hydrazine groups is 2. The molecule has 1 atom stereocenters. The maximum Gasteiger partial charge on any atom is 0.395 e.